The Morgan fingerprint density at radius 3 is 2.05 bits per heavy atom. The van der Waals surface area contributed by atoms with Gasteiger partial charge in [0.15, 0.2) is 0 Å². The Morgan fingerprint density at radius 2 is 1.38 bits per heavy atom. The first-order valence-electron chi connectivity index (χ1n) is 26.6. The Balaban J connectivity index is 1.04. The Bertz CT molecular complexity index is 3120. The molecule has 2 aromatic heterocycles. The second-order valence-corrected chi connectivity index (χ2v) is 21.5. The van der Waals surface area contributed by atoms with Crippen molar-refractivity contribution in [3.8, 4) is 34.0 Å². The van der Waals surface area contributed by atoms with Crippen molar-refractivity contribution in [2.45, 2.75) is 100 Å². The Hall–Kier alpha value is -8.16. The van der Waals surface area contributed by atoms with Gasteiger partial charge in [-0.2, -0.15) is 13.5 Å². The van der Waals surface area contributed by atoms with Gasteiger partial charge in [-0.15, -0.1) is 0 Å². The molecule has 6 atom stereocenters. The van der Waals surface area contributed by atoms with Crippen LogP contribution in [0.2, 0.25) is 0 Å². The summed E-state index contributed by atoms with van der Waals surface area (Å²) in [6.45, 7) is 2.49. The minimum Gasteiger partial charge on any atom is -0.508 e. The number of hydrogen-bond acceptors (Lipinski definition) is 17. The molecule has 0 saturated carbocycles. The van der Waals surface area contributed by atoms with Crippen molar-refractivity contribution < 1.29 is 67.5 Å². The van der Waals surface area contributed by atoms with Crippen LogP contribution in [0, 0.1) is 5.41 Å². The lowest BCUT2D eigenvalue weighted by atomic mass is 9.85. The summed E-state index contributed by atoms with van der Waals surface area (Å²) in [5.41, 5.74) is 6.16. The van der Waals surface area contributed by atoms with E-state index in [9.17, 15) is 57.7 Å². The van der Waals surface area contributed by atoms with E-state index in [1.54, 1.807) is 32.0 Å². The number of aromatic nitrogens is 2. The molecular formula is C59H70N8O14S. The minimum absolute atomic E-state index is 0.00280. The van der Waals surface area contributed by atoms with Gasteiger partial charge in [-0.25, -0.2) is 9.97 Å². The van der Waals surface area contributed by atoms with Gasteiger partial charge in [-0.1, -0.05) is 105 Å². The van der Waals surface area contributed by atoms with Crippen LogP contribution in [-0.4, -0.2) is 146 Å². The average molecular weight is 1150 g/mol. The molecule has 0 fully saturated rings. The van der Waals surface area contributed by atoms with Crippen LogP contribution in [0.3, 0.4) is 0 Å². The first-order valence-corrected chi connectivity index (χ1v) is 28.0. The van der Waals surface area contributed by atoms with E-state index in [-0.39, 0.29) is 65.7 Å². The maximum atomic E-state index is 14.0. The van der Waals surface area contributed by atoms with Crippen molar-refractivity contribution in [1.29, 1.82) is 0 Å². The smallest absolute Gasteiger partial charge is 0.295 e. The van der Waals surface area contributed by atoms with E-state index < -0.39 is 82.9 Å². The number of benzene rings is 4. The molecule has 0 spiro atoms. The first kappa shape index (κ1) is 63.0. The molecule has 4 amide bonds. The van der Waals surface area contributed by atoms with E-state index in [4.69, 9.17) is 14.8 Å². The van der Waals surface area contributed by atoms with Gasteiger partial charge < -0.3 is 56.6 Å². The third kappa shape index (κ3) is 19.3. The van der Waals surface area contributed by atoms with Crippen LogP contribution in [0.5, 0.6) is 11.6 Å². The lowest BCUT2D eigenvalue weighted by Crippen LogP contribution is -2.52. The summed E-state index contributed by atoms with van der Waals surface area (Å²) in [6.07, 6.45) is -2.88. The van der Waals surface area contributed by atoms with Crippen molar-refractivity contribution in [2.24, 2.45) is 10.5 Å². The van der Waals surface area contributed by atoms with Crippen molar-refractivity contribution >= 4 is 45.8 Å². The van der Waals surface area contributed by atoms with Gasteiger partial charge >= 0.3 is 0 Å². The zero-order valence-corrected chi connectivity index (χ0v) is 46.2. The molecule has 0 aliphatic carbocycles. The largest absolute Gasteiger partial charge is 0.508 e. The number of ether oxygens (including phenoxy) is 1. The van der Waals surface area contributed by atoms with Crippen LogP contribution in [0.1, 0.15) is 73.9 Å². The standard InChI is InChI=1S/C59H70N8O14S/c1-59(2,28-12-14-30-81-52-33-43(39-15-5-3-6-16-39)32-46(64-52)40-17-7-4-8-18-40)58(77)66-47(31-38-22-25-44(69)26-23-38)57(76)60-29-13-11-20-45(56(75)62-36-48(70)53(72)54(73)49(71)37-68)65-55(74)42-24-27-51(61-34-42)67-63-35-41-19-9-10-21-50(41)82(78,79)80/h3-10,15-19,21-27,32-35,45,47-49,53-54,68-73H,11-14,20,28-31,36-37H2,1-2H3,(H,60,76)(H,61,67)(H,62,75)(H,65,74)(H,66,77)(H,78,79,80)/b63-35+/t45-,47-,48-,49+,53+,54+/m0/s1. The van der Waals surface area contributed by atoms with Crippen molar-refractivity contribution in [3.63, 3.8) is 0 Å². The Labute approximate surface area is 475 Å². The third-order valence-corrected chi connectivity index (χ3v) is 14.2. The molecule has 6 aromatic rings. The lowest BCUT2D eigenvalue weighted by Gasteiger charge is -2.27. The number of unbranched alkanes of at least 4 members (excludes halogenated alkanes) is 2. The molecule has 0 radical (unpaired) electrons. The predicted molar refractivity (Wildman–Crippen MR) is 306 cm³/mol. The molecule has 2 heterocycles. The zero-order chi connectivity index (χ0) is 59.2. The number of nitrogens with zero attached hydrogens (tertiary/aromatic N) is 3. The molecule has 4 aromatic carbocycles. The zero-order valence-electron chi connectivity index (χ0n) is 45.3. The van der Waals surface area contributed by atoms with E-state index in [0.717, 1.165) is 28.6 Å². The van der Waals surface area contributed by atoms with Crippen LogP contribution < -0.4 is 31.4 Å². The van der Waals surface area contributed by atoms with Crippen LogP contribution in [-0.2, 0) is 30.9 Å². The van der Waals surface area contributed by atoms with E-state index in [2.05, 4.69) is 36.8 Å². The fraction of sp³-hybridized carbons (Fsp3) is 0.339. The fourth-order valence-electron chi connectivity index (χ4n) is 8.44. The first-order chi connectivity index (χ1) is 39.2. The molecule has 0 unspecified atom stereocenters. The van der Waals surface area contributed by atoms with Gasteiger partial charge in [0.25, 0.3) is 16.0 Å². The van der Waals surface area contributed by atoms with Crippen molar-refractivity contribution in [1.82, 2.24) is 31.2 Å². The van der Waals surface area contributed by atoms with E-state index >= 15 is 0 Å². The highest BCUT2D eigenvalue weighted by atomic mass is 32.2. The number of pyridine rings is 2. The molecule has 12 N–H and O–H groups in total. The number of aromatic hydroxyl groups is 1. The second kappa shape index (κ2) is 30.6. The Morgan fingerprint density at radius 1 is 0.720 bits per heavy atom. The molecule has 0 aliphatic heterocycles. The lowest BCUT2D eigenvalue weighted by molar-refractivity contribution is -0.134. The summed E-state index contributed by atoms with van der Waals surface area (Å²) in [4.78, 5) is 63.5. The number of phenols is 1. The highest BCUT2D eigenvalue weighted by molar-refractivity contribution is 7.86. The summed E-state index contributed by atoms with van der Waals surface area (Å²) in [5.74, 6) is -1.76. The summed E-state index contributed by atoms with van der Waals surface area (Å²) in [7, 11) is -4.53. The van der Waals surface area contributed by atoms with Gasteiger partial charge in [-0.3, -0.25) is 29.2 Å². The van der Waals surface area contributed by atoms with Gasteiger partial charge in [-0.05, 0) is 91.6 Å². The number of amides is 4. The van der Waals surface area contributed by atoms with Gasteiger partial charge in [0.05, 0.1) is 36.8 Å². The van der Waals surface area contributed by atoms with E-state index in [1.165, 1.54) is 48.7 Å². The van der Waals surface area contributed by atoms with Crippen LogP contribution in [0.4, 0.5) is 5.82 Å². The highest BCUT2D eigenvalue weighted by Gasteiger charge is 2.33. The summed E-state index contributed by atoms with van der Waals surface area (Å²) in [6, 6.07) is 36.0. The number of carbonyl (C=O) groups excluding carboxylic acids is 4. The summed E-state index contributed by atoms with van der Waals surface area (Å²) < 4.78 is 39.2. The molecule has 22 nitrogen and oxygen atoms in total. The quantitative estimate of drug-likeness (QED) is 0.0126. The number of carbonyl (C=O) groups is 4. The minimum atomic E-state index is -4.53. The monoisotopic (exact) mass is 1150 g/mol. The van der Waals surface area contributed by atoms with E-state index in [0.29, 0.717) is 37.3 Å². The van der Waals surface area contributed by atoms with Crippen LogP contribution in [0.25, 0.3) is 22.4 Å². The molecule has 436 valence electrons. The molecule has 0 bridgehead atoms. The molecule has 0 aliphatic rings. The second-order valence-electron chi connectivity index (χ2n) is 20.1. The Kier molecular flexibility index (Phi) is 23.5. The third-order valence-electron chi connectivity index (χ3n) is 13.3. The van der Waals surface area contributed by atoms with Crippen LogP contribution >= 0.6 is 0 Å². The SMILES string of the molecule is CC(C)(CCCCOc1cc(-c2ccccc2)cc(-c2ccccc2)n1)C(=O)N[C@@H](Cc1ccc(O)cc1)C(=O)NCCCC[C@H](NC(=O)c1ccc(N/N=C/c2ccccc2S(=O)(=O)O)nc1)C(=O)NC[C@H](O)[C@@H](O)[C@H](O)[C@H](O)CO. The van der Waals surface area contributed by atoms with Crippen molar-refractivity contribution in [3.05, 3.63) is 156 Å². The summed E-state index contributed by atoms with van der Waals surface area (Å²) >= 11 is 0. The normalized spacial score (nSPS) is 13.9. The number of hydrogen-bond donors (Lipinski definition) is 12. The van der Waals surface area contributed by atoms with Gasteiger partial charge in [0, 0.05) is 48.3 Å². The number of aliphatic hydroxyl groups excluding tert-OH is 5. The topological polar surface area (TPSA) is 352 Å². The average Bonchev–Trinajstić information content (AvgIpc) is 3.56. The molecular weight excluding hydrogens is 1080 g/mol. The maximum absolute atomic E-state index is 14.0. The van der Waals surface area contributed by atoms with E-state index in [1.807, 2.05) is 72.8 Å². The molecule has 82 heavy (non-hydrogen) atoms. The number of rotatable bonds is 31. The molecule has 6 rings (SSSR count). The molecule has 0 saturated heterocycles. The van der Waals surface area contributed by atoms with Crippen molar-refractivity contribution in [2.75, 3.05) is 31.7 Å². The maximum Gasteiger partial charge on any atom is 0.295 e. The number of nitrogens with one attached hydrogen (secondary N) is 5. The van der Waals surface area contributed by atoms with Gasteiger partial charge in [0.1, 0.15) is 46.9 Å². The number of hydrazone groups is 1. The fourth-order valence-corrected chi connectivity index (χ4v) is 9.11. The summed E-state index contributed by atoms with van der Waals surface area (Å²) in [5, 5.41) is 74.5. The predicted octanol–water partition coefficient (Wildman–Crippen LogP) is 4.15. The molecule has 23 heteroatoms. The number of anilines is 1. The number of phenolic OH excluding ortho intramolecular Hbond substituents is 1. The van der Waals surface area contributed by atoms with Crippen LogP contribution in [0.15, 0.2) is 150 Å². The number of aliphatic hydroxyl groups is 5. The highest BCUT2D eigenvalue weighted by Crippen LogP contribution is 2.30. The van der Waals surface area contributed by atoms with Gasteiger partial charge in [0.2, 0.25) is 23.6 Å².